The van der Waals surface area contributed by atoms with E-state index >= 15 is 0 Å². The zero-order valence-corrected chi connectivity index (χ0v) is 27.0. The first-order chi connectivity index (χ1) is 22.8. The van der Waals surface area contributed by atoms with Gasteiger partial charge in [0.25, 0.3) is 0 Å². The number of ether oxygens (including phenoxy) is 4. The van der Waals surface area contributed by atoms with Crippen molar-refractivity contribution in [2.45, 2.75) is 44.4 Å². The molecule has 1 saturated heterocycles. The fraction of sp³-hybridized carbons (Fsp3) is 0.306. The lowest BCUT2D eigenvalue weighted by atomic mass is 9.84. The summed E-state index contributed by atoms with van der Waals surface area (Å²) in [6.07, 6.45) is -1.93. The fourth-order valence-corrected chi connectivity index (χ4v) is 5.88. The monoisotopic (exact) mass is 685 g/mol. The lowest BCUT2D eigenvalue weighted by molar-refractivity contribution is -0.0943. The standard InChI is InChI=1S/C36H35Cl2F2NO6/c37-29-11-4-9-26(34(29)39)22-46-31-19-41(36(42)43)20-32(47-23-27-10-5-12-30(38)35(27)40)33(31)25-13-15-28(16-14-25)45-18-6-17-44-21-24-7-2-1-3-8-24/h1-5,7-16,31-33H,6,17-23H2,(H,42,43). The minimum atomic E-state index is -1.16. The first kappa shape index (κ1) is 34.6. The summed E-state index contributed by atoms with van der Waals surface area (Å²) >= 11 is 12.0. The van der Waals surface area contributed by atoms with Crippen LogP contribution in [0, 0.1) is 11.6 Å². The number of amides is 1. The Morgan fingerprint density at radius 2 is 1.32 bits per heavy atom. The van der Waals surface area contributed by atoms with Crippen molar-refractivity contribution in [1.82, 2.24) is 4.90 Å². The molecule has 1 amide bonds. The van der Waals surface area contributed by atoms with Crippen molar-refractivity contribution in [3.63, 3.8) is 0 Å². The number of rotatable bonds is 14. The van der Waals surface area contributed by atoms with Crippen LogP contribution in [0.25, 0.3) is 0 Å². The van der Waals surface area contributed by atoms with E-state index in [0.717, 1.165) is 11.1 Å². The number of benzene rings is 4. The van der Waals surface area contributed by atoms with Crippen LogP contribution in [-0.4, -0.2) is 54.6 Å². The highest BCUT2D eigenvalue weighted by Gasteiger charge is 2.41. The Balaban J connectivity index is 1.30. The fourth-order valence-electron chi connectivity index (χ4n) is 5.49. The van der Waals surface area contributed by atoms with Gasteiger partial charge in [0, 0.05) is 23.5 Å². The van der Waals surface area contributed by atoms with E-state index in [9.17, 15) is 18.7 Å². The number of carboxylic acid groups (broad SMARTS) is 1. The molecule has 1 aliphatic rings. The Morgan fingerprint density at radius 3 is 1.87 bits per heavy atom. The van der Waals surface area contributed by atoms with Gasteiger partial charge in [0.15, 0.2) is 0 Å². The number of likely N-dealkylation sites (tertiary alicyclic amines) is 1. The molecule has 1 fully saturated rings. The zero-order chi connectivity index (χ0) is 33.2. The summed E-state index contributed by atoms with van der Waals surface area (Å²) in [6.45, 7) is 1.27. The third-order valence-electron chi connectivity index (χ3n) is 7.92. The molecule has 4 aromatic rings. The lowest BCUT2D eigenvalue weighted by Gasteiger charge is -2.42. The minimum Gasteiger partial charge on any atom is -0.494 e. The highest BCUT2D eigenvalue weighted by molar-refractivity contribution is 6.31. The second kappa shape index (κ2) is 16.9. The third kappa shape index (κ3) is 9.43. The van der Waals surface area contributed by atoms with Crippen LogP contribution in [0.15, 0.2) is 91.0 Å². The number of halogens is 4. The van der Waals surface area contributed by atoms with Crippen molar-refractivity contribution in [1.29, 1.82) is 0 Å². The first-order valence-electron chi connectivity index (χ1n) is 15.2. The van der Waals surface area contributed by atoms with E-state index in [0.29, 0.717) is 32.0 Å². The molecule has 1 N–H and O–H groups in total. The quantitative estimate of drug-likeness (QED) is 0.134. The van der Waals surface area contributed by atoms with Crippen molar-refractivity contribution in [2.24, 2.45) is 0 Å². The molecule has 2 unspecified atom stereocenters. The second-order valence-electron chi connectivity index (χ2n) is 11.1. The molecule has 0 radical (unpaired) electrons. The molecule has 2 atom stereocenters. The molecule has 0 bridgehead atoms. The predicted octanol–water partition coefficient (Wildman–Crippen LogP) is 8.51. The van der Waals surface area contributed by atoms with Crippen LogP contribution in [0.2, 0.25) is 10.0 Å². The molecule has 11 heteroatoms. The van der Waals surface area contributed by atoms with Gasteiger partial charge in [-0.05, 0) is 35.4 Å². The Labute approximate surface area is 282 Å². The maximum absolute atomic E-state index is 14.7. The van der Waals surface area contributed by atoms with Crippen LogP contribution >= 0.6 is 23.2 Å². The Kier molecular flexibility index (Phi) is 12.4. The molecule has 4 aromatic carbocycles. The van der Waals surface area contributed by atoms with Crippen LogP contribution in [-0.2, 0) is 34.0 Å². The molecule has 0 aromatic heterocycles. The molecule has 1 heterocycles. The van der Waals surface area contributed by atoms with E-state index in [1.165, 1.54) is 17.0 Å². The van der Waals surface area contributed by atoms with Gasteiger partial charge in [-0.1, -0.05) is 89.9 Å². The predicted molar refractivity (Wildman–Crippen MR) is 175 cm³/mol. The topological polar surface area (TPSA) is 77.5 Å². The molecule has 0 aliphatic carbocycles. The van der Waals surface area contributed by atoms with E-state index in [1.807, 2.05) is 54.6 Å². The largest absolute Gasteiger partial charge is 0.494 e. The van der Waals surface area contributed by atoms with Gasteiger partial charge in [-0.3, -0.25) is 0 Å². The van der Waals surface area contributed by atoms with Gasteiger partial charge in [0.1, 0.15) is 17.4 Å². The average molecular weight is 687 g/mol. The maximum Gasteiger partial charge on any atom is 0.407 e. The first-order valence-corrected chi connectivity index (χ1v) is 16.0. The van der Waals surface area contributed by atoms with Gasteiger partial charge in [-0.25, -0.2) is 13.6 Å². The molecule has 1 aliphatic heterocycles. The SMILES string of the molecule is O=C(O)N1CC(OCc2cccc(Cl)c2F)C(c2ccc(OCCCOCc3ccccc3)cc2)C(OCc2cccc(Cl)c2F)C1. The van der Waals surface area contributed by atoms with Gasteiger partial charge in [0.05, 0.1) is 68.4 Å². The zero-order valence-electron chi connectivity index (χ0n) is 25.5. The number of hydrogen-bond acceptors (Lipinski definition) is 5. The summed E-state index contributed by atoms with van der Waals surface area (Å²) < 4.78 is 53.5. The molecule has 0 spiro atoms. The number of carbonyl (C=O) groups is 1. The number of nitrogens with zero attached hydrogens (tertiary/aromatic N) is 1. The normalized spacial score (nSPS) is 17.9. The number of piperidine rings is 1. The van der Waals surface area contributed by atoms with Gasteiger partial charge in [0.2, 0.25) is 0 Å². The van der Waals surface area contributed by atoms with E-state index < -0.39 is 35.9 Å². The van der Waals surface area contributed by atoms with Crippen LogP contribution in [0.3, 0.4) is 0 Å². The highest BCUT2D eigenvalue weighted by Crippen LogP contribution is 2.35. The molecule has 47 heavy (non-hydrogen) atoms. The summed E-state index contributed by atoms with van der Waals surface area (Å²) in [6, 6.07) is 26.6. The van der Waals surface area contributed by atoms with Crippen LogP contribution in [0.4, 0.5) is 13.6 Å². The summed E-state index contributed by atoms with van der Waals surface area (Å²) in [5.41, 5.74) is 2.37. The lowest BCUT2D eigenvalue weighted by Crippen LogP contribution is -2.54. The van der Waals surface area contributed by atoms with Crippen LogP contribution in [0.5, 0.6) is 5.75 Å². The number of hydrogen-bond donors (Lipinski definition) is 1. The van der Waals surface area contributed by atoms with Gasteiger partial charge in [-0.15, -0.1) is 0 Å². The molecular weight excluding hydrogens is 651 g/mol. The highest BCUT2D eigenvalue weighted by atomic mass is 35.5. The Morgan fingerprint density at radius 1 is 0.745 bits per heavy atom. The van der Waals surface area contributed by atoms with Crippen molar-refractivity contribution >= 4 is 29.3 Å². The summed E-state index contributed by atoms with van der Waals surface area (Å²) in [4.78, 5) is 13.3. The van der Waals surface area contributed by atoms with Crippen LogP contribution in [0.1, 0.15) is 34.6 Å². The van der Waals surface area contributed by atoms with Gasteiger partial charge >= 0.3 is 6.09 Å². The smallest absolute Gasteiger partial charge is 0.407 e. The average Bonchev–Trinajstić information content (AvgIpc) is 3.08. The van der Waals surface area contributed by atoms with Gasteiger partial charge in [-0.2, -0.15) is 0 Å². The Hall–Kier alpha value is -3.73. The molecule has 7 nitrogen and oxygen atoms in total. The summed E-state index contributed by atoms with van der Waals surface area (Å²) in [5, 5.41) is 9.85. The van der Waals surface area contributed by atoms with Crippen molar-refractivity contribution in [3.05, 3.63) is 135 Å². The van der Waals surface area contributed by atoms with E-state index in [2.05, 4.69) is 0 Å². The maximum atomic E-state index is 14.7. The van der Waals surface area contributed by atoms with E-state index in [4.69, 9.17) is 42.1 Å². The molecular formula is C36H35Cl2F2NO6. The second-order valence-corrected chi connectivity index (χ2v) is 12.0. The van der Waals surface area contributed by atoms with E-state index in [-0.39, 0.29) is 47.5 Å². The summed E-state index contributed by atoms with van der Waals surface area (Å²) in [5.74, 6) is -1.05. The van der Waals surface area contributed by atoms with Gasteiger partial charge < -0.3 is 29.0 Å². The molecule has 5 rings (SSSR count). The van der Waals surface area contributed by atoms with Crippen LogP contribution < -0.4 is 4.74 Å². The third-order valence-corrected chi connectivity index (χ3v) is 8.50. The van der Waals surface area contributed by atoms with Crippen molar-refractivity contribution in [2.75, 3.05) is 26.3 Å². The van der Waals surface area contributed by atoms with E-state index in [1.54, 1.807) is 24.3 Å². The van der Waals surface area contributed by atoms with Crippen molar-refractivity contribution in [3.8, 4) is 5.75 Å². The molecule has 248 valence electrons. The Bertz CT molecular complexity index is 1550. The van der Waals surface area contributed by atoms with Crippen molar-refractivity contribution < 1.29 is 37.6 Å². The minimum absolute atomic E-state index is 0.00873. The summed E-state index contributed by atoms with van der Waals surface area (Å²) in [7, 11) is 0. The molecule has 0 saturated carbocycles.